The van der Waals surface area contributed by atoms with Gasteiger partial charge in [0.25, 0.3) is 0 Å². The van der Waals surface area contributed by atoms with Crippen LogP contribution in [0.3, 0.4) is 0 Å². The summed E-state index contributed by atoms with van der Waals surface area (Å²) >= 11 is 1.91. The van der Waals surface area contributed by atoms with E-state index in [0.717, 1.165) is 18.4 Å². The lowest BCUT2D eigenvalue weighted by atomic mass is 9.98. The average Bonchev–Trinajstić information content (AvgIpc) is 2.77. The van der Waals surface area contributed by atoms with Crippen molar-refractivity contribution in [2.24, 2.45) is 11.8 Å². The summed E-state index contributed by atoms with van der Waals surface area (Å²) < 4.78 is 0. The SMILES string of the molecule is Cc1ccc(CNCC2CCCC2C)s1. The predicted octanol–water partition coefficient (Wildman–Crippen LogP) is 3.58. The van der Waals surface area contributed by atoms with Crippen LogP contribution in [-0.4, -0.2) is 6.54 Å². The second-order valence-electron chi connectivity index (χ2n) is 4.81. The molecule has 0 saturated heterocycles. The van der Waals surface area contributed by atoms with E-state index in [9.17, 15) is 0 Å². The van der Waals surface area contributed by atoms with Crippen molar-refractivity contribution in [1.29, 1.82) is 0 Å². The van der Waals surface area contributed by atoms with Gasteiger partial charge in [0.1, 0.15) is 0 Å². The van der Waals surface area contributed by atoms with Crippen molar-refractivity contribution in [1.82, 2.24) is 5.32 Å². The molecule has 84 valence electrons. The molecule has 2 heteroatoms. The van der Waals surface area contributed by atoms with Crippen LogP contribution in [0.5, 0.6) is 0 Å². The smallest absolute Gasteiger partial charge is 0.0299 e. The number of nitrogens with one attached hydrogen (secondary N) is 1. The summed E-state index contributed by atoms with van der Waals surface area (Å²) in [6.07, 6.45) is 4.30. The third-order valence-electron chi connectivity index (χ3n) is 3.54. The van der Waals surface area contributed by atoms with Gasteiger partial charge in [-0.1, -0.05) is 19.8 Å². The Bertz CT molecular complexity index is 305. The van der Waals surface area contributed by atoms with E-state index in [1.165, 1.54) is 35.6 Å². The fraction of sp³-hybridized carbons (Fsp3) is 0.692. The van der Waals surface area contributed by atoms with Gasteiger partial charge in [-0.15, -0.1) is 11.3 Å². The molecule has 0 amide bonds. The molecule has 0 radical (unpaired) electrons. The normalized spacial score (nSPS) is 26.0. The maximum absolute atomic E-state index is 3.60. The molecular formula is C13H21NS. The van der Waals surface area contributed by atoms with E-state index in [0.29, 0.717) is 0 Å². The molecule has 2 rings (SSSR count). The van der Waals surface area contributed by atoms with Gasteiger partial charge in [-0.05, 0) is 43.9 Å². The standard InChI is InChI=1S/C13H21NS/c1-10-4-3-5-12(10)8-14-9-13-7-6-11(2)15-13/h6-7,10,12,14H,3-5,8-9H2,1-2H3. The van der Waals surface area contributed by atoms with Crippen LogP contribution in [-0.2, 0) is 6.54 Å². The van der Waals surface area contributed by atoms with Crippen molar-refractivity contribution in [3.63, 3.8) is 0 Å². The van der Waals surface area contributed by atoms with Crippen molar-refractivity contribution < 1.29 is 0 Å². The van der Waals surface area contributed by atoms with Gasteiger partial charge in [0.05, 0.1) is 0 Å². The Balaban J connectivity index is 1.70. The summed E-state index contributed by atoms with van der Waals surface area (Å²) in [7, 11) is 0. The molecule has 1 saturated carbocycles. The van der Waals surface area contributed by atoms with Crippen molar-refractivity contribution in [2.75, 3.05) is 6.54 Å². The molecule has 1 aliphatic carbocycles. The number of aryl methyl sites for hydroxylation is 1. The maximum atomic E-state index is 3.60. The first kappa shape index (κ1) is 11.2. The molecule has 2 unspecified atom stereocenters. The summed E-state index contributed by atoms with van der Waals surface area (Å²) in [6, 6.07) is 4.45. The largest absolute Gasteiger partial charge is 0.312 e. The molecule has 0 aromatic carbocycles. The number of rotatable bonds is 4. The molecule has 15 heavy (non-hydrogen) atoms. The van der Waals surface area contributed by atoms with Crippen LogP contribution >= 0.6 is 11.3 Å². The van der Waals surface area contributed by atoms with Crippen LogP contribution in [0.4, 0.5) is 0 Å². The van der Waals surface area contributed by atoms with Gasteiger partial charge in [0.2, 0.25) is 0 Å². The van der Waals surface area contributed by atoms with Crippen LogP contribution in [0.2, 0.25) is 0 Å². The topological polar surface area (TPSA) is 12.0 Å². The van der Waals surface area contributed by atoms with Crippen molar-refractivity contribution in [2.45, 2.75) is 39.7 Å². The first-order chi connectivity index (χ1) is 7.25. The Labute approximate surface area is 96.9 Å². The zero-order valence-corrected chi connectivity index (χ0v) is 10.6. The van der Waals surface area contributed by atoms with Crippen LogP contribution in [0.1, 0.15) is 35.9 Å². The van der Waals surface area contributed by atoms with Gasteiger partial charge >= 0.3 is 0 Å². The minimum Gasteiger partial charge on any atom is -0.312 e. The summed E-state index contributed by atoms with van der Waals surface area (Å²) in [6.45, 7) is 6.84. The molecule has 2 atom stereocenters. The second kappa shape index (κ2) is 5.13. The van der Waals surface area contributed by atoms with E-state index in [1.54, 1.807) is 0 Å². The van der Waals surface area contributed by atoms with Crippen LogP contribution in [0.15, 0.2) is 12.1 Å². The molecule has 1 N–H and O–H groups in total. The molecule has 1 aliphatic rings. The molecule has 0 spiro atoms. The summed E-state index contributed by atoms with van der Waals surface area (Å²) in [5.41, 5.74) is 0. The monoisotopic (exact) mass is 223 g/mol. The summed E-state index contributed by atoms with van der Waals surface area (Å²) in [4.78, 5) is 2.89. The Morgan fingerprint density at radius 2 is 2.27 bits per heavy atom. The van der Waals surface area contributed by atoms with Gasteiger partial charge in [0.15, 0.2) is 0 Å². The van der Waals surface area contributed by atoms with E-state index in [4.69, 9.17) is 0 Å². The van der Waals surface area contributed by atoms with E-state index in [2.05, 4.69) is 31.3 Å². The zero-order valence-electron chi connectivity index (χ0n) is 9.75. The Morgan fingerprint density at radius 1 is 1.40 bits per heavy atom. The van der Waals surface area contributed by atoms with Gasteiger partial charge in [-0.25, -0.2) is 0 Å². The molecule has 1 aromatic rings. The Morgan fingerprint density at radius 3 is 2.87 bits per heavy atom. The van der Waals surface area contributed by atoms with Gasteiger partial charge in [-0.2, -0.15) is 0 Å². The van der Waals surface area contributed by atoms with Crippen molar-refractivity contribution >= 4 is 11.3 Å². The molecule has 1 heterocycles. The predicted molar refractivity (Wildman–Crippen MR) is 67.3 cm³/mol. The number of thiophene rings is 1. The molecule has 0 aliphatic heterocycles. The van der Waals surface area contributed by atoms with Gasteiger partial charge in [0, 0.05) is 16.3 Å². The summed E-state index contributed by atoms with van der Waals surface area (Å²) in [5.74, 6) is 1.86. The molecule has 0 bridgehead atoms. The second-order valence-corrected chi connectivity index (χ2v) is 6.18. The molecule has 1 aromatic heterocycles. The lowest BCUT2D eigenvalue weighted by Crippen LogP contribution is -2.23. The quantitative estimate of drug-likeness (QED) is 0.822. The van der Waals surface area contributed by atoms with E-state index >= 15 is 0 Å². The third kappa shape index (κ3) is 3.05. The minimum absolute atomic E-state index is 0.922. The fourth-order valence-electron chi connectivity index (χ4n) is 2.49. The van der Waals surface area contributed by atoms with E-state index < -0.39 is 0 Å². The first-order valence-electron chi connectivity index (χ1n) is 6.02. The van der Waals surface area contributed by atoms with E-state index in [-0.39, 0.29) is 0 Å². The van der Waals surface area contributed by atoms with Crippen LogP contribution in [0.25, 0.3) is 0 Å². The van der Waals surface area contributed by atoms with Crippen LogP contribution < -0.4 is 5.32 Å². The van der Waals surface area contributed by atoms with Gasteiger partial charge in [-0.3, -0.25) is 0 Å². The highest BCUT2D eigenvalue weighted by atomic mass is 32.1. The fourth-order valence-corrected chi connectivity index (χ4v) is 3.35. The Hall–Kier alpha value is -0.340. The highest BCUT2D eigenvalue weighted by molar-refractivity contribution is 7.11. The van der Waals surface area contributed by atoms with Crippen molar-refractivity contribution in [3.05, 3.63) is 21.9 Å². The molecule has 1 nitrogen and oxygen atoms in total. The maximum Gasteiger partial charge on any atom is 0.0299 e. The van der Waals surface area contributed by atoms with Crippen molar-refractivity contribution in [3.8, 4) is 0 Å². The lowest BCUT2D eigenvalue weighted by Gasteiger charge is -2.15. The minimum atomic E-state index is 0.922. The van der Waals surface area contributed by atoms with Crippen LogP contribution in [0, 0.1) is 18.8 Å². The van der Waals surface area contributed by atoms with E-state index in [1.807, 2.05) is 11.3 Å². The third-order valence-corrected chi connectivity index (χ3v) is 4.54. The zero-order chi connectivity index (χ0) is 10.7. The Kier molecular flexibility index (Phi) is 3.81. The van der Waals surface area contributed by atoms with Gasteiger partial charge < -0.3 is 5.32 Å². The number of hydrogen-bond acceptors (Lipinski definition) is 2. The molecule has 1 fully saturated rings. The lowest BCUT2D eigenvalue weighted by molar-refractivity contribution is 0.392. The summed E-state index contributed by atoms with van der Waals surface area (Å²) in [5, 5.41) is 3.60. The highest BCUT2D eigenvalue weighted by Crippen LogP contribution is 2.30. The average molecular weight is 223 g/mol. The first-order valence-corrected chi connectivity index (χ1v) is 6.83. The highest BCUT2D eigenvalue weighted by Gasteiger charge is 2.22. The molecular weight excluding hydrogens is 202 g/mol. The number of hydrogen-bond donors (Lipinski definition) is 1.